The van der Waals surface area contributed by atoms with Gasteiger partial charge in [0.25, 0.3) is 0 Å². The molecule has 1 aromatic rings. The molecule has 0 atom stereocenters. The SMILES string of the molecule is NCCCc1ccc(O[As](=O)(O)O)cc1. The fourth-order valence-corrected chi connectivity index (χ4v) is 1.99. The van der Waals surface area contributed by atoms with Crippen molar-refractivity contribution in [1.82, 2.24) is 0 Å². The van der Waals surface area contributed by atoms with E-state index in [1.807, 2.05) is 0 Å². The molecule has 0 radical (unpaired) electrons. The van der Waals surface area contributed by atoms with Gasteiger partial charge in [0.1, 0.15) is 0 Å². The molecule has 0 spiro atoms. The first-order chi connectivity index (χ1) is 7.01. The van der Waals surface area contributed by atoms with Crippen molar-refractivity contribution in [2.24, 2.45) is 5.73 Å². The molecular weight excluding hydrogens is 261 g/mol. The Morgan fingerprint density at radius 1 is 1.27 bits per heavy atom. The Kier molecular flexibility index (Phi) is 4.42. The van der Waals surface area contributed by atoms with Crippen LogP contribution in [0.2, 0.25) is 0 Å². The first-order valence-corrected chi connectivity index (χ1v) is 7.76. The third-order valence-electron chi connectivity index (χ3n) is 1.82. The number of hydrogen-bond acceptors (Lipinski definition) is 3. The van der Waals surface area contributed by atoms with E-state index in [2.05, 4.69) is 3.73 Å². The van der Waals surface area contributed by atoms with E-state index < -0.39 is 14.5 Å². The van der Waals surface area contributed by atoms with Gasteiger partial charge in [0.2, 0.25) is 0 Å². The Morgan fingerprint density at radius 2 is 1.87 bits per heavy atom. The van der Waals surface area contributed by atoms with Gasteiger partial charge in [-0.05, 0) is 0 Å². The van der Waals surface area contributed by atoms with Crippen LogP contribution in [-0.4, -0.2) is 29.2 Å². The quantitative estimate of drug-likeness (QED) is 0.647. The monoisotopic (exact) mass is 275 g/mol. The van der Waals surface area contributed by atoms with Crippen LogP contribution in [0.25, 0.3) is 0 Å². The Bertz CT molecular complexity index is 346. The molecule has 0 heterocycles. The van der Waals surface area contributed by atoms with E-state index in [-0.39, 0.29) is 5.75 Å². The van der Waals surface area contributed by atoms with E-state index in [0.717, 1.165) is 18.4 Å². The Balaban J connectivity index is 2.60. The van der Waals surface area contributed by atoms with Crippen molar-refractivity contribution in [3.05, 3.63) is 29.8 Å². The molecule has 0 aliphatic heterocycles. The molecule has 15 heavy (non-hydrogen) atoms. The molecule has 0 aromatic heterocycles. The van der Waals surface area contributed by atoms with Gasteiger partial charge < -0.3 is 0 Å². The van der Waals surface area contributed by atoms with Gasteiger partial charge in [0, 0.05) is 0 Å². The molecule has 0 aliphatic rings. The topological polar surface area (TPSA) is 92.8 Å². The molecule has 0 saturated heterocycles. The molecule has 4 N–H and O–H groups in total. The summed E-state index contributed by atoms with van der Waals surface area (Å²) in [7, 11) is 0. The average Bonchev–Trinajstić information content (AvgIpc) is 2.14. The second-order valence-electron chi connectivity index (χ2n) is 3.12. The molecule has 0 saturated carbocycles. The van der Waals surface area contributed by atoms with Crippen LogP contribution < -0.4 is 9.46 Å². The van der Waals surface area contributed by atoms with Crippen molar-refractivity contribution < 1.29 is 15.7 Å². The Hall–Kier alpha value is -0.742. The summed E-state index contributed by atoms with van der Waals surface area (Å²) in [5.74, 6) is 0.194. The number of nitrogens with two attached hydrogens (primary N) is 1. The van der Waals surface area contributed by atoms with Crippen LogP contribution in [0.5, 0.6) is 5.75 Å². The normalized spacial score (nSPS) is 11.4. The second-order valence-corrected chi connectivity index (χ2v) is 5.56. The summed E-state index contributed by atoms with van der Waals surface area (Å²) in [4.78, 5) is 0. The summed E-state index contributed by atoms with van der Waals surface area (Å²) < 4.78 is 32.3. The fourth-order valence-electron chi connectivity index (χ4n) is 1.16. The van der Waals surface area contributed by atoms with E-state index in [0.29, 0.717) is 6.54 Å². The van der Waals surface area contributed by atoms with Crippen LogP contribution in [0.4, 0.5) is 0 Å². The molecule has 84 valence electrons. The zero-order valence-electron chi connectivity index (χ0n) is 8.17. The van der Waals surface area contributed by atoms with Crippen molar-refractivity contribution in [2.45, 2.75) is 12.8 Å². The van der Waals surface area contributed by atoms with Gasteiger partial charge in [-0.15, -0.1) is 0 Å². The van der Waals surface area contributed by atoms with Crippen molar-refractivity contribution in [3.63, 3.8) is 0 Å². The average molecular weight is 275 g/mol. The van der Waals surface area contributed by atoms with Crippen LogP contribution in [0.15, 0.2) is 24.3 Å². The molecule has 0 amide bonds. The molecule has 0 fully saturated rings. The first-order valence-electron chi connectivity index (χ1n) is 4.55. The summed E-state index contributed by atoms with van der Waals surface area (Å²) in [6, 6.07) is 6.64. The molecule has 6 heteroatoms. The van der Waals surface area contributed by atoms with E-state index in [9.17, 15) is 3.74 Å². The van der Waals surface area contributed by atoms with Crippen molar-refractivity contribution in [3.8, 4) is 5.75 Å². The third kappa shape index (κ3) is 5.04. The van der Waals surface area contributed by atoms with Gasteiger partial charge in [0.15, 0.2) is 0 Å². The number of rotatable bonds is 5. The zero-order valence-corrected chi connectivity index (χ0v) is 10.0. The molecule has 1 aromatic carbocycles. The van der Waals surface area contributed by atoms with Gasteiger partial charge in [-0.1, -0.05) is 0 Å². The Labute approximate surface area is 91.2 Å². The van der Waals surface area contributed by atoms with E-state index in [1.54, 1.807) is 24.3 Å². The number of hydrogen-bond donors (Lipinski definition) is 3. The summed E-state index contributed by atoms with van der Waals surface area (Å²) >= 11 is -5.03. The summed E-state index contributed by atoms with van der Waals surface area (Å²) in [5.41, 5.74) is 6.44. The molecule has 5 nitrogen and oxygen atoms in total. The van der Waals surface area contributed by atoms with Crippen molar-refractivity contribution in [2.75, 3.05) is 6.54 Å². The summed E-state index contributed by atoms with van der Waals surface area (Å²) in [6.45, 7) is 0.629. The van der Waals surface area contributed by atoms with E-state index >= 15 is 0 Å². The van der Waals surface area contributed by atoms with Crippen molar-refractivity contribution in [1.29, 1.82) is 0 Å². The predicted molar refractivity (Wildman–Crippen MR) is 55.3 cm³/mol. The van der Waals surface area contributed by atoms with E-state index in [1.165, 1.54) is 0 Å². The van der Waals surface area contributed by atoms with Crippen LogP contribution in [0, 0.1) is 0 Å². The Morgan fingerprint density at radius 3 is 2.33 bits per heavy atom. The van der Waals surface area contributed by atoms with Crippen LogP contribution in [-0.2, 0) is 10.2 Å². The van der Waals surface area contributed by atoms with Gasteiger partial charge in [0.05, 0.1) is 0 Å². The molecular formula is C9H14AsNO4. The second kappa shape index (κ2) is 5.37. The minimum absolute atomic E-state index is 0.194. The van der Waals surface area contributed by atoms with Crippen LogP contribution >= 0.6 is 0 Å². The fraction of sp³-hybridized carbons (Fsp3) is 0.333. The van der Waals surface area contributed by atoms with Crippen LogP contribution in [0.1, 0.15) is 12.0 Å². The van der Waals surface area contributed by atoms with Gasteiger partial charge in [-0.2, -0.15) is 0 Å². The molecule has 0 bridgehead atoms. The minimum atomic E-state index is -5.03. The maximum atomic E-state index is 10.6. The van der Waals surface area contributed by atoms with Gasteiger partial charge in [-0.25, -0.2) is 0 Å². The zero-order chi connectivity index (χ0) is 11.3. The summed E-state index contributed by atoms with van der Waals surface area (Å²) in [6.07, 6.45) is 1.75. The molecule has 1 rings (SSSR count). The number of aryl methyl sites for hydroxylation is 1. The van der Waals surface area contributed by atoms with E-state index in [4.69, 9.17) is 13.9 Å². The predicted octanol–water partition coefficient (Wildman–Crippen LogP) is -0.193. The maximum absolute atomic E-state index is 10.6. The van der Waals surface area contributed by atoms with Crippen LogP contribution in [0.3, 0.4) is 0 Å². The van der Waals surface area contributed by atoms with Gasteiger partial charge in [-0.3, -0.25) is 0 Å². The number of benzene rings is 1. The first kappa shape index (κ1) is 12.3. The van der Waals surface area contributed by atoms with Crippen molar-refractivity contribution >= 4 is 14.5 Å². The molecule has 0 aliphatic carbocycles. The van der Waals surface area contributed by atoms with Gasteiger partial charge >= 0.3 is 90.9 Å². The third-order valence-corrected chi connectivity index (χ3v) is 2.76. The standard InChI is InChI=1S/C9H14AsNO4/c11-7-1-2-8-3-5-9(6-4-8)15-10(12,13)14/h3-6H,1-2,7,11H2,(H2,12,13,14). The summed E-state index contributed by atoms with van der Waals surface area (Å²) in [5, 5.41) is 0. The molecule has 0 unspecified atom stereocenters.